The Hall–Kier alpha value is -2.12. The van der Waals surface area contributed by atoms with Gasteiger partial charge in [-0.05, 0) is 13.1 Å². The molecule has 8 heteroatoms. The van der Waals surface area contributed by atoms with Gasteiger partial charge in [0.15, 0.2) is 0 Å². The van der Waals surface area contributed by atoms with E-state index in [1.807, 2.05) is 0 Å². The number of rotatable bonds is 2. The van der Waals surface area contributed by atoms with E-state index in [1.54, 1.807) is 6.07 Å². The van der Waals surface area contributed by atoms with Crippen LogP contribution in [0.3, 0.4) is 0 Å². The van der Waals surface area contributed by atoms with Crippen molar-refractivity contribution in [2.75, 3.05) is 43.9 Å². The number of aromatic nitrogens is 2. The first-order valence-electron chi connectivity index (χ1n) is 7.20. The van der Waals surface area contributed by atoms with Gasteiger partial charge in [0, 0.05) is 43.9 Å². The Balaban J connectivity index is 1.99. The van der Waals surface area contributed by atoms with E-state index in [0.29, 0.717) is 11.5 Å². The van der Waals surface area contributed by atoms with Crippen molar-refractivity contribution in [1.29, 1.82) is 0 Å². The zero-order chi connectivity index (χ0) is 16.6. The normalized spacial score (nSPS) is 15.9. The molecule has 1 aliphatic rings. The number of phenols is 1. The number of likely N-dealkylation sites (N-methyl/N-ethyl adjacent to an activating group) is 1. The standard InChI is InChI=1S/C15H17ClFN5O/c1-21-2-4-22(5-3-21)14-8-12(19-15(18)20-14)9-6-10(16)13(23)7-11(9)17/h6-8,23H,2-5H2,1H3,(H2,18,19,20). The third-order valence-corrected chi connectivity index (χ3v) is 4.17. The van der Waals surface area contributed by atoms with Crippen molar-refractivity contribution in [2.24, 2.45) is 0 Å². The molecule has 122 valence electrons. The van der Waals surface area contributed by atoms with Crippen LogP contribution in [0.4, 0.5) is 16.2 Å². The molecule has 3 rings (SSSR count). The van der Waals surface area contributed by atoms with Gasteiger partial charge in [0.25, 0.3) is 0 Å². The van der Waals surface area contributed by atoms with Gasteiger partial charge < -0.3 is 20.6 Å². The van der Waals surface area contributed by atoms with Crippen LogP contribution in [0, 0.1) is 5.82 Å². The number of anilines is 2. The van der Waals surface area contributed by atoms with Gasteiger partial charge in [-0.1, -0.05) is 11.6 Å². The molecule has 3 N–H and O–H groups in total. The minimum Gasteiger partial charge on any atom is -0.506 e. The number of halogens is 2. The number of hydrogen-bond acceptors (Lipinski definition) is 6. The first-order chi connectivity index (χ1) is 10.9. The van der Waals surface area contributed by atoms with Crippen LogP contribution in [0.25, 0.3) is 11.3 Å². The van der Waals surface area contributed by atoms with Crippen molar-refractivity contribution in [3.63, 3.8) is 0 Å². The molecule has 0 spiro atoms. The number of phenolic OH excluding ortho intramolecular Hbond substituents is 1. The fourth-order valence-electron chi connectivity index (χ4n) is 2.52. The summed E-state index contributed by atoms with van der Waals surface area (Å²) in [4.78, 5) is 12.7. The number of nitrogens with zero attached hydrogens (tertiary/aromatic N) is 4. The number of aromatic hydroxyl groups is 1. The smallest absolute Gasteiger partial charge is 0.222 e. The zero-order valence-corrected chi connectivity index (χ0v) is 13.4. The lowest BCUT2D eigenvalue weighted by atomic mass is 10.1. The maximum Gasteiger partial charge on any atom is 0.222 e. The lowest BCUT2D eigenvalue weighted by molar-refractivity contribution is 0.312. The Morgan fingerprint density at radius 3 is 2.57 bits per heavy atom. The molecule has 1 fully saturated rings. The van der Waals surface area contributed by atoms with Gasteiger partial charge in [0.05, 0.1) is 10.7 Å². The second kappa shape index (κ2) is 6.17. The first kappa shape index (κ1) is 15.8. The van der Waals surface area contributed by atoms with Gasteiger partial charge in [-0.15, -0.1) is 0 Å². The number of benzene rings is 1. The lowest BCUT2D eigenvalue weighted by Gasteiger charge is -2.33. The van der Waals surface area contributed by atoms with E-state index in [0.717, 1.165) is 32.2 Å². The molecule has 23 heavy (non-hydrogen) atoms. The van der Waals surface area contributed by atoms with Crippen molar-refractivity contribution in [3.05, 3.63) is 29.0 Å². The highest BCUT2D eigenvalue weighted by Crippen LogP contribution is 2.32. The van der Waals surface area contributed by atoms with Crippen LogP contribution in [0.5, 0.6) is 5.75 Å². The molecule has 0 amide bonds. The molecule has 1 aromatic heterocycles. The summed E-state index contributed by atoms with van der Waals surface area (Å²) in [5, 5.41) is 9.52. The topological polar surface area (TPSA) is 78.5 Å². The molecule has 0 aliphatic carbocycles. The highest BCUT2D eigenvalue weighted by atomic mass is 35.5. The van der Waals surface area contributed by atoms with Crippen molar-refractivity contribution >= 4 is 23.4 Å². The average Bonchev–Trinajstić information content (AvgIpc) is 2.51. The minimum atomic E-state index is -0.616. The zero-order valence-electron chi connectivity index (χ0n) is 12.6. The van der Waals surface area contributed by atoms with E-state index in [9.17, 15) is 9.50 Å². The van der Waals surface area contributed by atoms with Crippen LogP contribution in [-0.4, -0.2) is 53.2 Å². The van der Waals surface area contributed by atoms with E-state index < -0.39 is 5.82 Å². The van der Waals surface area contributed by atoms with Crippen molar-refractivity contribution in [2.45, 2.75) is 0 Å². The first-order valence-corrected chi connectivity index (χ1v) is 7.58. The minimum absolute atomic E-state index is 0.0553. The summed E-state index contributed by atoms with van der Waals surface area (Å²) in [7, 11) is 2.06. The molecular formula is C15H17ClFN5O. The summed E-state index contributed by atoms with van der Waals surface area (Å²) >= 11 is 5.87. The van der Waals surface area contributed by atoms with Gasteiger partial charge in [-0.25, -0.2) is 9.37 Å². The highest BCUT2D eigenvalue weighted by Gasteiger charge is 2.18. The van der Waals surface area contributed by atoms with E-state index in [1.165, 1.54) is 6.07 Å². The van der Waals surface area contributed by atoms with Gasteiger partial charge in [-0.3, -0.25) is 0 Å². The molecule has 0 saturated carbocycles. The van der Waals surface area contributed by atoms with Crippen LogP contribution in [-0.2, 0) is 0 Å². The van der Waals surface area contributed by atoms with Crippen LogP contribution in [0.2, 0.25) is 5.02 Å². The number of nitrogen functional groups attached to an aromatic ring is 1. The predicted octanol–water partition coefficient (Wildman–Crippen LogP) is 1.98. The quantitative estimate of drug-likeness (QED) is 0.872. The fourth-order valence-corrected chi connectivity index (χ4v) is 2.68. The van der Waals surface area contributed by atoms with Crippen LogP contribution in [0.15, 0.2) is 18.2 Å². The van der Waals surface area contributed by atoms with Crippen LogP contribution in [0.1, 0.15) is 0 Å². The molecule has 0 bridgehead atoms. The van der Waals surface area contributed by atoms with Gasteiger partial charge in [0.2, 0.25) is 5.95 Å². The summed E-state index contributed by atoms with van der Waals surface area (Å²) in [6, 6.07) is 3.99. The monoisotopic (exact) mass is 337 g/mol. The summed E-state index contributed by atoms with van der Waals surface area (Å²) in [5.74, 6) is -0.201. The second-order valence-corrected chi connectivity index (χ2v) is 5.95. The van der Waals surface area contributed by atoms with Crippen molar-refractivity contribution in [3.8, 4) is 17.0 Å². The fraction of sp³-hybridized carbons (Fsp3) is 0.333. The molecular weight excluding hydrogens is 321 g/mol. The Bertz CT molecular complexity index is 734. The second-order valence-electron chi connectivity index (χ2n) is 5.54. The molecule has 1 aliphatic heterocycles. The number of piperazine rings is 1. The van der Waals surface area contributed by atoms with Gasteiger partial charge >= 0.3 is 0 Å². The SMILES string of the molecule is CN1CCN(c2cc(-c3cc(Cl)c(O)cc3F)nc(N)n2)CC1. The van der Waals surface area contributed by atoms with Gasteiger partial charge in [-0.2, -0.15) is 4.98 Å². The van der Waals surface area contributed by atoms with Crippen LogP contribution >= 0.6 is 11.6 Å². The Morgan fingerprint density at radius 2 is 1.87 bits per heavy atom. The van der Waals surface area contributed by atoms with E-state index in [4.69, 9.17) is 17.3 Å². The van der Waals surface area contributed by atoms with E-state index in [2.05, 4.69) is 26.8 Å². The number of nitrogens with two attached hydrogens (primary N) is 1. The average molecular weight is 338 g/mol. The molecule has 0 unspecified atom stereocenters. The molecule has 2 heterocycles. The lowest BCUT2D eigenvalue weighted by Crippen LogP contribution is -2.44. The molecule has 6 nitrogen and oxygen atoms in total. The molecule has 1 aromatic carbocycles. The van der Waals surface area contributed by atoms with Crippen molar-refractivity contribution in [1.82, 2.24) is 14.9 Å². The molecule has 1 saturated heterocycles. The van der Waals surface area contributed by atoms with E-state index in [-0.39, 0.29) is 22.3 Å². The van der Waals surface area contributed by atoms with Crippen LogP contribution < -0.4 is 10.6 Å². The summed E-state index contributed by atoms with van der Waals surface area (Å²) in [6.07, 6.45) is 0. The summed E-state index contributed by atoms with van der Waals surface area (Å²) < 4.78 is 14.1. The maximum absolute atomic E-state index is 14.1. The maximum atomic E-state index is 14.1. The Morgan fingerprint density at radius 1 is 1.17 bits per heavy atom. The van der Waals surface area contributed by atoms with E-state index >= 15 is 0 Å². The molecule has 0 atom stereocenters. The predicted molar refractivity (Wildman–Crippen MR) is 88.2 cm³/mol. The molecule has 0 radical (unpaired) electrons. The number of hydrogen-bond donors (Lipinski definition) is 2. The summed E-state index contributed by atoms with van der Waals surface area (Å²) in [5.41, 5.74) is 6.30. The third kappa shape index (κ3) is 3.30. The molecule has 2 aromatic rings. The Labute approximate surface area is 138 Å². The summed E-state index contributed by atoms with van der Waals surface area (Å²) in [6.45, 7) is 3.45. The highest BCUT2D eigenvalue weighted by molar-refractivity contribution is 6.32. The Kier molecular flexibility index (Phi) is 4.23. The van der Waals surface area contributed by atoms with Gasteiger partial charge in [0.1, 0.15) is 17.4 Å². The third-order valence-electron chi connectivity index (χ3n) is 3.87. The van der Waals surface area contributed by atoms with Crippen molar-refractivity contribution < 1.29 is 9.50 Å². The largest absolute Gasteiger partial charge is 0.506 e.